The molecule has 76 heavy (non-hydrogen) atoms. The highest BCUT2D eigenvalue weighted by molar-refractivity contribution is 7.89. The van der Waals surface area contributed by atoms with E-state index in [2.05, 4.69) is 58.9 Å². The Bertz CT molecular complexity index is 2640. The van der Waals surface area contributed by atoms with Crippen LogP contribution in [0.25, 0.3) is 0 Å². The predicted molar refractivity (Wildman–Crippen MR) is 297 cm³/mol. The van der Waals surface area contributed by atoms with Gasteiger partial charge in [0, 0.05) is 60.4 Å². The summed E-state index contributed by atoms with van der Waals surface area (Å²) in [7, 11) is 0.897. The lowest BCUT2D eigenvalue weighted by Crippen LogP contribution is -2.46. The topological polar surface area (TPSA) is 212 Å². The third-order valence-corrected chi connectivity index (χ3v) is 16.9. The van der Waals surface area contributed by atoms with Crippen LogP contribution in [-0.4, -0.2) is 171 Å². The van der Waals surface area contributed by atoms with Crippen LogP contribution in [0, 0.1) is 0 Å². The minimum atomic E-state index is -3.80. The van der Waals surface area contributed by atoms with Crippen molar-refractivity contribution < 1.29 is 54.3 Å². The summed E-state index contributed by atoms with van der Waals surface area (Å²) in [5, 5.41) is 13.3. The Kier molecular flexibility index (Phi) is 23.3. The van der Waals surface area contributed by atoms with Gasteiger partial charge in [-0.2, -0.15) is 0 Å². The smallest absolute Gasteiger partial charge is 0.314 e. The van der Waals surface area contributed by atoms with Gasteiger partial charge in [-0.25, -0.2) is 35.9 Å². The van der Waals surface area contributed by atoms with Gasteiger partial charge in [0.25, 0.3) is 0 Å². The quantitative estimate of drug-likeness (QED) is 0.0259. The van der Waals surface area contributed by atoms with E-state index in [-0.39, 0.29) is 113 Å². The summed E-state index contributed by atoms with van der Waals surface area (Å²) < 4.78 is 81.6. The molecule has 18 nitrogen and oxygen atoms in total. The number of benzene rings is 4. The average Bonchev–Trinajstić information content (AvgIpc) is 3.39. The molecular weight excluding hydrogens is 1100 g/mol. The molecule has 0 aliphatic carbocycles. The predicted octanol–water partition coefficient (Wildman–Crippen LogP) is 6.45. The molecule has 6 N–H and O–H groups in total. The maximum Gasteiger partial charge on any atom is 0.314 e. The van der Waals surface area contributed by atoms with E-state index in [1.54, 1.807) is 48.5 Å². The summed E-state index contributed by atoms with van der Waals surface area (Å²) in [6.45, 7) is 6.48. The lowest BCUT2D eigenvalue weighted by atomic mass is 9.84. The lowest BCUT2D eigenvalue weighted by Gasteiger charge is -2.40. The molecule has 4 aromatic carbocycles. The summed E-state index contributed by atoms with van der Waals surface area (Å²) in [6, 6.07) is 20.6. The Morgan fingerprint density at radius 2 is 0.855 bits per heavy atom. The van der Waals surface area contributed by atoms with Crippen LogP contribution in [-0.2, 0) is 52.1 Å². The number of rotatable bonds is 29. The first kappa shape index (κ1) is 61.4. The first-order valence-corrected chi connectivity index (χ1v) is 29.7. The number of quaternary nitrogens is 2. The largest absolute Gasteiger partial charge is 0.378 e. The molecule has 0 aromatic heterocycles. The fraction of sp³-hybridized carbons (Fsp3) is 0.500. The number of sulfonamides is 2. The molecule has 4 amide bonds. The van der Waals surface area contributed by atoms with Gasteiger partial charge in [0.2, 0.25) is 20.0 Å². The zero-order chi connectivity index (χ0) is 54.9. The molecule has 6 rings (SSSR count). The second-order valence-electron chi connectivity index (χ2n) is 20.0. The molecule has 0 bridgehead atoms. The number of hydrogen-bond acceptors (Lipinski definition) is 10. The van der Waals surface area contributed by atoms with E-state index in [1.807, 2.05) is 24.3 Å². The van der Waals surface area contributed by atoms with Gasteiger partial charge in [-0.05, 0) is 83.6 Å². The van der Waals surface area contributed by atoms with Crippen molar-refractivity contribution in [2.45, 2.75) is 47.6 Å². The summed E-state index contributed by atoms with van der Waals surface area (Å²) in [5.74, 6) is -0.163. The summed E-state index contributed by atoms with van der Waals surface area (Å²) in [5.41, 5.74) is 5.81. The number of urea groups is 2. The third kappa shape index (κ3) is 18.9. The standard InChI is InChI=1S/C52H70Cl4N8O10S2/c1-63(2)33-45(43-29-39(53)31-49(55)47(43)35-63)37-9-7-11-41(27-37)75(67,68)61-17-21-73-25-23-71-19-15-59-51(65)57-13-5-6-14-58-52(66)60-16-20-72-24-26-74-22-18-62-76(69,70)42-12-8-10-38(28-42)46-34-64(3,4)36-48-44(46)30-40(54)32-50(48)56/h7-12,27-32,45-46,61-62H,5-6,13-26,33-36H2,1-4H3,(H2-2,57,58,59,60,65,66)/p+2. The molecule has 2 atom stereocenters. The van der Waals surface area contributed by atoms with E-state index in [4.69, 9.17) is 65.4 Å². The highest BCUT2D eigenvalue weighted by atomic mass is 35.5. The van der Waals surface area contributed by atoms with Crippen LogP contribution >= 0.6 is 46.4 Å². The Morgan fingerprint density at radius 3 is 1.24 bits per heavy atom. The number of amides is 4. The van der Waals surface area contributed by atoms with Crippen molar-refractivity contribution in [1.29, 1.82) is 0 Å². The monoisotopic (exact) mass is 1170 g/mol. The van der Waals surface area contributed by atoms with Crippen LogP contribution in [0.1, 0.15) is 58.1 Å². The lowest BCUT2D eigenvalue weighted by molar-refractivity contribution is -0.906. The van der Waals surface area contributed by atoms with Crippen LogP contribution in [0.3, 0.4) is 0 Å². The van der Waals surface area contributed by atoms with E-state index >= 15 is 0 Å². The normalized spacial score (nSPS) is 16.8. The van der Waals surface area contributed by atoms with E-state index in [0.29, 0.717) is 55.0 Å². The highest BCUT2D eigenvalue weighted by Crippen LogP contribution is 2.42. The number of halogens is 4. The first-order valence-electron chi connectivity index (χ1n) is 25.3. The fourth-order valence-electron chi connectivity index (χ4n) is 9.30. The number of carbonyl (C=O) groups is 2. The number of nitrogens with one attached hydrogen (secondary N) is 6. The second-order valence-corrected chi connectivity index (χ2v) is 25.3. The Labute approximate surface area is 468 Å². The van der Waals surface area contributed by atoms with Gasteiger partial charge in [0.15, 0.2) is 0 Å². The van der Waals surface area contributed by atoms with Crippen LogP contribution in [0.4, 0.5) is 9.59 Å². The van der Waals surface area contributed by atoms with Gasteiger partial charge in [0.1, 0.15) is 13.1 Å². The Hall–Kier alpha value is -3.84. The number of ether oxygens (including phenoxy) is 4. The minimum absolute atomic E-state index is 0.0798. The average molecular weight is 1180 g/mol. The Morgan fingerprint density at radius 1 is 0.500 bits per heavy atom. The number of nitrogens with zero attached hydrogens (tertiary/aromatic N) is 2. The van der Waals surface area contributed by atoms with Crippen LogP contribution in [0.5, 0.6) is 0 Å². The van der Waals surface area contributed by atoms with Crippen LogP contribution in [0.15, 0.2) is 82.6 Å². The molecule has 0 radical (unpaired) electrons. The molecule has 2 aliphatic heterocycles. The molecule has 2 unspecified atom stereocenters. The number of unbranched alkanes of at least 4 members (excludes halogenated alkanes) is 1. The van der Waals surface area contributed by atoms with Crippen molar-refractivity contribution in [3.05, 3.63) is 126 Å². The third-order valence-electron chi connectivity index (χ3n) is 12.9. The summed E-state index contributed by atoms with van der Waals surface area (Å²) in [6.07, 6.45) is 1.31. The van der Waals surface area contributed by atoms with Crippen LogP contribution < -0.4 is 30.7 Å². The van der Waals surface area contributed by atoms with Crippen molar-refractivity contribution in [3.63, 3.8) is 0 Å². The van der Waals surface area contributed by atoms with Crippen molar-refractivity contribution >= 4 is 78.5 Å². The Balaban J connectivity index is 0.716. The second kappa shape index (κ2) is 28.9. The van der Waals surface area contributed by atoms with Crippen molar-refractivity contribution in [3.8, 4) is 0 Å². The zero-order valence-corrected chi connectivity index (χ0v) is 48.2. The summed E-state index contributed by atoms with van der Waals surface area (Å²) in [4.78, 5) is 24.6. The SMILES string of the molecule is C[N+]1(C)Cc2c(Cl)cc(Cl)cc2C(c2cccc(S(=O)(=O)NCCOCCOCCNC(=O)NCCCCNC(=O)NCCOCCOCCNS(=O)(=O)c3cccc(C4C[N+](C)(C)Cc5c(Cl)cc(Cl)cc54)c3)c2)C1. The van der Waals surface area contributed by atoms with E-state index in [9.17, 15) is 26.4 Å². The van der Waals surface area contributed by atoms with Crippen LogP contribution in [0.2, 0.25) is 20.1 Å². The summed E-state index contributed by atoms with van der Waals surface area (Å²) >= 11 is 25.9. The molecule has 2 aliphatic rings. The zero-order valence-electron chi connectivity index (χ0n) is 43.5. The van der Waals surface area contributed by atoms with E-state index in [1.165, 1.54) is 0 Å². The molecule has 24 heteroatoms. The number of carbonyl (C=O) groups excluding carboxylic acids is 2. The molecule has 0 fully saturated rings. The van der Waals surface area contributed by atoms with Crippen molar-refractivity contribution in [2.24, 2.45) is 0 Å². The van der Waals surface area contributed by atoms with Gasteiger partial charge in [-0.15, -0.1) is 0 Å². The fourth-order valence-corrected chi connectivity index (χ4v) is 12.6. The number of hydrogen-bond donors (Lipinski definition) is 6. The van der Waals surface area contributed by atoms with E-state index < -0.39 is 20.0 Å². The van der Waals surface area contributed by atoms with Crippen molar-refractivity contribution in [1.82, 2.24) is 30.7 Å². The highest BCUT2D eigenvalue weighted by Gasteiger charge is 2.37. The molecule has 2 heterocycles. The first-order chi connectivity index (χ1) is 36.1. The molecular formula is C52H72Cl4N8O10S2+2. The molecule has 0 spiro atoms. The van der Waals surface area contributed by atoms with Gasteiger partial charge in [0.05, 0.1) is 126 Å². The molecule has 418 valence electrons. The van der Waals surface area contributed by atoms with Gasteiger partial charge in [-0.3, -0.25) is 0 Å². The van der Waals surface area contributed by atoms with Crippen molar-refractivity contribution in [2.75, 3.05) is 133 Å². The molecule has 0 saturated heterocycles. The maximum atomic E-state index is 13.2. The van der Waals surface area contributed by atoms with Gasteiger partial charge >= 0.3 is 12.1 Å². The van der Waals surface area contributed by atoms with E-state index in [0.717, 1.165) is 59.6 Å². The maximum absolute atomic E-state index is 13.2. The number of fused-ring (bicyclic) bond motifs is 2. The van der Waals surface area contributed by atoms with Gasteiger partial charge < -0.3 is 49.2 Å². The molecule has 4 aromatic rings. The van der Waals surface area contributed by atoms with Gasteiger partial charge in [-0.1, -0.05) is 70.7 Å². The molecule has 0 saturated carbocycles. The number of likely N-dealkylation sites (N-methyl/N-ethyl adjacent to an activating group) is 2. The minimum Gasteiger partial charge on any atom is -0.378 e.